The van der Waals surface area contributed by atoms with Crippen molar-refractivity contribution in [3.05, 3.63) is 24.3 Å². The summed E-state index contributed by atoms with van der Waals surface area (Å²) in [4.78, 5) is 11.0. The van der Waals surface area contributed by atoms with E-state index in [1.165, 1.54) is 0 Å². The first-order valence-corrected chi connectivity index (χ1v) is 5.84. The summed E-state index contributed by atoms with van der Waals surface area (Å²) < 4.78 is 71.6. The van der Waals surface area contributed by atoms with Gasteiger partial charge in [-0.1, -0.05) is 0 Å². The van der Waals surface area contributed by atoms with Crippen LogP contribution in [0.5, 0.6) is 0 Å². The standard InChI is InChI=1S/C10H8F6N2OS/c11-9(12,13)5-17-8(19)18-6-1-3-7(4-2-6)20-10(14,15)16/h1-4H,5H2,(H2,17,18,19). The van der Waals surface area contributed by atoms with Crippen LogP contribution in [0, 0.1) is 0 Å². The number of hydrogen-bond donors (Lipinski definition) is 2. The van der Waals surface area contributed by atoms with Crippen molar-refractivity contribution < 1.29 is 31.1 Å². The second kappa shape index (κ2) is 6.25. The lowest BCUT2D eigenvalue weighted by Crippen LogP contribution is -2.36. The Hall–Kier alpha value is -1.58. The first kappa shape index (κ1) is 16.5. The van der Waals surface area contributed by atoms with Gasteiger partial charge in [0.2, 0.25) is 0 Å². The zero-order valence-corrected chi connectivity index (χ0v) is 10.4. The number of carbonyl (C=O) groups is 1. The van der Waals surface area contributed by atoms with Crippen LogP contribution in [-0.4, -0.2) is 24.3 Å². The third kappa shape index (κ3) is 7.12. The molecule has 0 aliphatic rings. The molecule has 0 aliphatic carbocycles. The molecular formula is C10H8F6N2OS. The summed E-state index contributed by atoms with van der Waals surface area (Å²) in [6.07, 6.45) is -4.54. The molecule has 0 spiro atoms. The lowest BCUT2D eigenvalue weighted by atomic mass is 10.3. The Bertz CT molecular complexity index is 456. The monoisotopic (exact) mass is 318 g/mol. The van der Waals surface area contributed by atoms with Crippen LogP contribution >= 0.6 is 11.8 Å². The maximum Gasteiger partial charge on any atom is 0.446 e. The Morgan fingerprint density at radius 3 is 2.05 bits per heavy atom. The zero-order valence-electron chi connectivity index (χ0n) is 9.60. The van der Waals surface area contributed by atoms with Gasteiger partial charge in [-0.05, 0) is 36.0 Å². The van der Waals surface area contributed by atoms with E-state index in [1.54, 1.807) is 5.32 Å². The molecule has 0 unspecified atom stereocenters. The number of anilines is 1. The van der Waals surface area contributed by atoms with Gasteiger partial charge in [-0.2, -0.15) is 26.3 Å². The van der Waals surface area contributed by atoms with E-state index in [0.717, 1.165) is 24.3 Å². The lowest BCUT2D eigenvalue weighted by molar-refractivity contribution is -0.122. The van der Waals surface area contributed by atoms with Gasteiger partial charge in [-0.15, -0.1) is 0 Å². The minimum Gasteiger partial charge on any atom is -0.329 e. The normalized spacial score (nSPS) is 12.1. The molecule has 20 heavy (non-hydrogen) atoms. The number of nitrogens with one attached hydrogen (secondary N) is 2. The predicted molar refractivity (Wildman–Crippen MR) is 61.4 cm³/mol. The summed E-state index contributed by atoms with van der Waals surface area (Å²) in [7, 11) is 0. The Balaban J connectivity index is 2.51. The smallest absolute Gasteiger partial charge is 0.329 e. The van der Waals surface area contributed by atoms with Crippen LogP contribution in [0.2, 0.25) is 0 Å². The third-order valence-corrected chi connectivity index (χ3v) is 2.53. The van der Waals surface area contributed by atoms with Gasteiger partial charge in [0.1, 0.15) is 6.54 Å². The molecule has 0 radical (unpaired) electrons. The molecule has 0 heterocycles. The third-order valence-electron chi connectivity index (χ3n) is 1.80. The van der Waals surface area contributed by atoms with E-state index >= 15 is 0 Å². The molecule has 0 aliphatic heterocycles. The number of rotatable bonds is 3. The Labute approximate surface area is 113 Å². The molecule has 0 fully saturated rings. The SMILES string of the molecule is O=C(NCC(F)(F)F)Nc1ccc(SC(F)(F)F)cc1. The minimum atomic E-state index is -4.54. The molecule has 2 N–H and O–H groups in total. The highest BCUT2D eigenvalue weighted by Crippen LogP contribution is 2.36. The van der Waals surface area contributed by atoms with E-state index in [9.17, 15) is 31.1 Å². The van der Waals surface area contributed by atoms with Gasteiger partial charge in [0, 0.05) is 10.6 Å². The maximum atomic E-state index is 12.0. The van der Waals surface area contributed by atoms with Crippen molar-refractivity contribution in [2.75, 3.05) is 11.9 Å². The number of amides is 2. The molecular weight excluding hydrogens is 310 g/mol. The molecule has 0 aromatic heterocycles. The summed E-state index contributed by atoms with van der Waals surface area (Å²) in [5.41, 5.74) is -4.35. The summed E-state index contributed by atoms with van der Waals surface area (Å²) >= 11 is -0.335. The number of alkyl halides is 6. The number of thioether (sulfide) groups is 1. The highest BCUT2D eigenvalue weighted by atomic mass is 32.2. The van der Waals surface area contributed by atoms with Crippen molar-refractivity contribution in [2.24, 2.45) is 0 Å². The molecule has 3 nitrogen and oxygen atoms in total. The quantitative estimate of drug-likeness (QED) is 0.654. The van der Waals surface area contributed by atoms with Crippen LogP contribution in [0.15, 0.2) is 29.2 Å². The Kier molecular flexibility index (Phi) is 5.15. The van der Waals surface area contributed by atoms with Crippen molar-refractivity contribution in [1.29, 1.82) is 0 Å². The topological polar surface area (TPSA) is 41.1 Å². The second-order valence-electron chi connectivity index (χ2n) is 3.50. The van der Waals surface area contributed by atoms with Gasteiger partial charge in [-0.25, -0.2) is 4.79 Å². The van der Waals surface area contributed by atoms with Crippen molar-refractivity contribution >= 4 is 23.5 Å². The molecule has 0 saturated carbocycles. The van der Waals surface area contributed by atoms with Gasteiger partial charge in [0.15, 0.2) is 0 Å². The maximum absolute atomic E-state index is 12.0. The largest absolute Gasteiger partial charge is 0.446 e. The van der Waals surface area contributed by atoms with Crippen molar-refractivity contribution in [1.82, 2.24) is 5.32 Å². The lowest BCUT2D eigenvalue weighted by Gasteiger charge is -2.10. The van der Waals surface area contributed by atoms with E-state index in [2.05, 4.69) is 5.32 Å². The molecule has 1 rings (SSSR count). The second-order valence-corrected chi connectivity index (χ2v) is 4.63. The number of hydrogen-bond acceptors (Lipinski definition) is 2. The van der Waals surface area contributed by atoms with E-state index in [1.807, 2.05) is 0 Å². The minimum absolute atomic E-state index is 0.0798. The van der Waals surface area contributed by atoms with Gasteiger partial charge in [0.25, 0.3) is 0 Å². The van der Waals surface area contributed by atoms with Crippen molar-refractivity contribution in [3.63, 3.8) is 0 Å². The van der Waals surface area contributed by atoms with Crippen molar-refractivity contribution in [2.45, 2.75) is 16.6 Å². The number of urea groups is 1. The van der Waals surface area contributed by atoms with Crippen LogP contribution in [0.25, 0.3) is 0 Å². The summed E-state index contributed by atoms with van der Waals surface area (Å²) in [5, 5.41) is 3.63. The fourth-order valence-electron chi connectivity index (χ4n) is 1.10. The number of carbonyl (C=O) groups excluding carboxylic acids is 1. The van der Waals surface area contributed by atoms with E-state index < -0.39 is 24.3 Å². The summed E-state index contributed by atoms with van der Waals surface area (Å²) in [5.74, 6) is 0. The molecule has 0 saturated heterocycles. The van der Waals surface area contributed by atoms with Crippen LogP contribution in [0.3, 0.4) is 0 Å². The first-order chi connectivity index (χ1) is 9.05. The zero-order chi connectivity index (χ0) is 15.4. The van der Waals surface area contributed by atoms with E-state index in [4.69, 9.17) is 0 Å². The van der Waals surface area contributed by atoms with E-state index in [0.29, 0.717) is 0 Å². The molecule has 1 aromatic carbocycles. The molecule has 1 aromatic rings. The fraction of sp³-hybridized carbons (Fsp3) is 0.300. The number of halogens is 6. The fourth-order valence-corrected chi connectivity index (χ4v) is 1.64. The van der Waals surface area contributed by atoms with Crippen LogP contribution < -0.4 is 10.6 Å². The molecule has 0 bridgehead atoms. The van der Waals surface area contributed by atoms with Crippen molar-refractivity contribution in [3.8, 4) is 0 Å². The number of benzene rings is 1. The van der Waals surface area contributed by atoms with Gasteiger partial charge in [-0.3, -0.25) is 0 Å². The van der Waals surface area contributed by atoms with Gasteiger partial charge in [0.05, 0.1) is 0 Å². The van der Waals surface area contributed by atoms with Gasteiger partial charge >= 0.3 is 17.7 Å². The molecule has 0 atom stereocenters. The average Bonchev–Trinajstić information content (AvgIpc) is 2.26. The van der Waals surface area contributed by atoms with Crippen LogP contribution in [0.1, 0.15) is 0 Å². The highest BCUT2D eigenvalue weighted by Gasteiger charge is 2.29. The predicted octanol–water partition coefficient (Wildman–Crippen LogP) is 3.98. The Morgan fingerprint density at radius 1 is 1.05 bits per heavy atom. The summed E-state index contributed by atoms with van der Waals surface area (Å²) in [6.45, 7) is -1.50. The molecule has 112 valence electrons. The van der Waals surface area contributed by atoms with Crippen LogP contribution in [0.4, 0.5) is 36.8 Å². The molecule has 10 heteroatoms. The average molecular weight is 318 g/mol. The Morgan fingerprint density at radius 2 is 1.60 bits per heavy atom. The molecule has 2 amide bonds. The highest BCUT2D eigenvalue weighted by molar-refractivity contribution is 8.00. The van der Waals surface area contributed by atoms with Gasteiger partial charge < -0.3 is 10.6 Å². The first-order valence-electron chi connectivity index (χ1n) is 5.02. The van der Waals surface area contributed by atoms with E-state index in [-0.39, 0.29) is 22.3 Å². The van der Waals surface area contributed by atoms with Crippen LogP contribution in [-0.2, 0) is 0 Å². The summed E-state index contributed by atoms with van der Waals surface area (Å²) in [6, 6.07) is 3.40.